The number of aryl methyl sites for hydroxylation is 1. The summed E-state index contributed by atoms with van der Waals surface area (Å²) in [6.07, 6.45) is 22.2. The molecule has 0 fully saturated rings. The summed E-state index contributed by atoms with van der Waals surface area (Å²) in [6.45, 7) is 2.28. The lowest BCUT2D eigenvalue weighted by Gasteiger charge is -2.34. The first-order chi connectivity index (χ1) is 28.2. The van der Waals surface area contributed by atoms with Crippen LogP contribution in [0.4, 0.5) is 0 Å². The van der Waals surface area contributed by atoms with Gasteiger partial charge in [0.2, 0.25) is 0 Å². The maximum atomic E-state index is 2.54. The Balaban J connectivity index is 1.07. The molecule has 2 unspecified atom stereocenters. The first kappa shape index (κ1) is 34.1. The summed E-state index contributed by atoms with van der Waals surface area (Å²) in [5, 5.41) is 3.58. The monoisotopic (exact) mass is 750 g/mol. The molecule has 0 saturated heterocycles. The highest BCUT2D eigenvalue weighted by molar-refractivity contribution is 7.44. The first-order valence-corrected chi connectivity index (χ1v) is 21.4. The summed E-state index contributed by atoms with van der Waals surface area (Å²) in [7, 11) is 0.530. The molecule has 3 heterocycles. The predicted octanol–water partition coefficient (Wildman–Crippen LogP) is 14.1. The highest BCUT2D eigenvalue weighted by atomic mass is 31.1. The number of para-hydroxylation sites is 3. The third kappa shape index (κ3) is 5.35. The third-order valence-corrected chi connectivity index (χ3v) is 14.1. The van der Waals surface area contributed by atoms with Gasteiger partial charge >= 0.3 is 0 Å². The molecule has 0 saturated carbocycles. The van der Waals surface area contributed by atoms with Gasteiger partial charge in [-0.2, -0.15) is 0 Å². The van der Waals surface area contributed by atoms with Gasteiger partial charge in [-0.05, 0) is 120 Å². The van der Waals surface area contributed by atoms with Crippen molar-refractivity contribution < 1.29 is 0 Å². The third-order valence-electron chi connectivity index (χ3n) is 12.5. The molecule has 1 spiro atoms. The first-order valence-electron chi connectivity index (χ1n) is 20.3. The molecule has 0 N–H and O–H groups in total. The van der Waals surface area contributed by atoms with Gasteiger partial charge < -0.3 is 9.13 Å². The molecule has 8 aromatic rings. The van der Waals surface area contributed by atoms with Crippen LogP contribution in [0.3, 0.4) is 0 Å². The molecular formula is C54H43N2P. The van der Waals surface area contributed by atoms with Crippen LogP contribution in [-0.2, 0) is 18.0 Å². The molecule has 11 rings (SSSR count). The SMILES string of the molecule is Cc1c(/C=C\Cc2ccc3c(c2)C2(P/C=C\C=C/Cc4ccccc42)c2cc(-n4c5ccccc5c5ccccc54)ccc2-3)n(C2=CC=CCC2)c2ccccc12. The predicted molar refractivity (Wildman–Crippen MR) is 245 cm³/mol. The molecule has 0 radical (unpaired) electrons. The van der Waals surface area contributed by atoms with E-state index in [-0.39, 0.29) is 5.16 Å². The summed E-state index contributed by atoms with van der Waals surface area (Å²) in [4.78, 5) is 0. The second kappa shape index (κ2) is 13.8. The molecule has 6 aromatic carbocycles. The average molecular weight is 751 g/mol. The van der Waals surface area contributed by atoms with Crippen LogP contribution in [-0.4, -0.2) is 9.13 Å². The molecule has 2 nitrogen and oxygen atoms in total. The Hall–Kier alpha value is -6.21. The molecule has 0 amide bonds. The fourth-order valence-electron chi connectivity index (χ4n) is 9.93. The van der Waals surface area contributed by atoms with Crippen molar-refractivity contribution in [3.8, 4) is 16.8 Å². The summed E-state index contributed by atoms with van der Waals surface area (Å²) in [6, 6.07) is 50.3. The van der Waals surface area contributed by atoms with Crippen molar-refractivity contribution in [1.82, 2.24) is 9.13 Å². The van der Waals surface area contributed by atoms with Gasteiger partial charge in [0.25, 0.3) is 0 Å². The number of hydrogen-bond acceptors (Lipinski definition) is 0. The Labute approximate surface area is 336 Å². The van der Waals surface area contributed by atoms with E-state index >= 15 is 0 Å². The summed E-state index contributed by atoms with van der Waals surface area (Å²) < 4.78 is 4.96. The van der Waals surface area contributed by atoms with Gasteiger partial charge in [0.15, 0.2) is 0 Å². The molecule has 2 atom stereocenters. The summed E-state index contributed by atoms with van der Waals surface area (Å²) >= 11 is 0. The molecule has 274 valence electrons. The van der Waals surface area contributed by atoms with Crippen LogP contribution in [0, 0.1) is 6.92 Å². The van der Waals surface area contributed by atoms with Crippen LogP contribution >= 0.6 is 8.58 Å². The highest BCUT2D eigenvalue weighted by Gasteiger charge is 2.45. The van der Waals surface area contributed by atoms with Gasteiger partial charge in [-0.3, -0.25) is 0 Å². The molecule has 1 aliphatic heterocycles. The van der Waals surface area contributed by atoms with E-state index in [1.807, 2.05) is 0 Å². The van der Waals surface area contributed by atoms with E-state index in [1.165, 1.54) is 94.3 Å². The largest absolute Gasteiger partial charge is 0.313 e. The van der Waals surface area contributed by atoms with E-state index in [4.69, 9.17) is 0 Å². The lowest BCUT2D eigenvalue weighted by Crippen LogP contribution is -2.23. The molecule has 3 heteroatoms. The highest BCUT2D eigenvalue weighted by Crippen LogP contribution is 2.63. The van der Waals surface area contributed by atoms with Crippen molar-refractivity contribution in [3.05, 3.63) is 221 Å². The fraction of sp³-hybridized carbons (Fsp3) is 0.111. The lowest BCUT2D eigenvalue weighted by atomic mass is 9.83. The number of allylic oxidation sites excluding steroid dienone is 8. The standard InChI is InChI=1S/C54H43N2P/c1-37-42-22-8-12-26-51(42)55(40-20-5-2-6-21-40)50(37)29-16-17-38-30-32-43-44-33-31-41(56-52-27-13-9-23-45(52)46-24-10-14-28-53(46)56)36-49(44)54(48(43)35-38)47-25-11-7-19-39(47)18-4-3-15-34-57-54/h2-5,7-16,19-20,22-36,57H,6,17-18,21H2,1H3/b4-3-,29-16-,34-15-. The quantitative estimate of drug-likeness (QED) is 0.155. The molecular weight excluding hydrogens is 708 g/mol. The van der Waals surface area contributed by atoms with E-state index in [2.05, 4.69) is 204 Å². The van der Waals surface area contributed by atoms with Crippen molar-refractivity contribution in [2.75, 3.05) is 0 Å². The minimum Gasteiger partial charge on any atom is -0.313 e. The van der Waals surface area contributed by atoms with E-state index in [0.717, 1.165) is 25.7 Å². The number of nitrogens with zero attached hydrogens (tertiary/aromatic N) is 2. The van der Waals surface area contributed by atoms with Crippen molar-refractivity contribution in [3.63, 3.8) is 0 Å². The van der Waals surface area contributed by atoms with E-state index in [1.54, 1.807) is 0 Å². The van der Waals surface area contributed by atoms with Crippen LogP contribution in [0.5, 0.6) is 0 Å². The number of rotatable bonds is 5. The minimum absolute atomic E-state index is 0.317. The van der Waals surface area contributed by atoms with E-state index in [0.29, 0.717) is 8.58 Å². The Bertz CT molecular complexity index is 3020. The lowest BCUT2D eigenvalue weighted by molar-refractivity contribution is 0.897. The summed E-state index contributed by atoms with van der Waals surface area (Å²) in [5.41, 5.74) is 18.6. The van der Waals surface area contributed by atoms with Crippen molar-refractivity contribution in [1.29, 1.82) is 0 Å². The van der Waals surface area contributed by atoms with Gasteiger partial charge in [0.1, 0.15) is 0 Å². The number of aromatic nitrogens is 2. The Morgan fingerprint density at radius 2 is 1.32 bits per heavy atom. The van der Waals surface area contributed by atoms with E-state index < -0.39 is 0 Å². The normalized spacial score (nSPS) is 18.8. The molecule has 2 aliphatic carbocycles. The molecule has 3 aliphatic rings. The van der Waals surface area contributed by atoms with Gasteiger partial charge in [-0.15, -0.1) is 0 Å². The molecule has 0 bridgehead atoms. The summed E-state index contributed by atoms with van der Waals surface area (Å²) in [5.74, 6) is 2.42. The molecule has 57 heavy (non-hydrogen) atoms. The topological polar surface area (TPSA) is 9.86 Å². The maximum Gasteiger partial charge on any atom is 0.0671 e. The van der Waals surface area contributed by atoms with Gasteiger partial charge in [-0.1, -0.05) is 154 Å². The van der Waals surface area contributed by atoms with Crippen molar-refractivity contribution in [2.45, 2.75) is 37.8 Å². The van der Waals surface area contributed by atoms with E-state index in [9.17, 15) is 0 Å². The van der Waals surface area contributed by atoms with Crippen LogP contribution in [0.2, 0.25) is 0 Å². The zero-order chi connectivity index (χ0) is 37.9. The Morgan fingerprint density at radius 3 is 2.09 bits per heavy atom. The molecule has 2 aromatic heterocycles. The Morgan fingerprint density at radius 1 is 0.632 bits per heavy atom. The van der Waals surface area contributed by atoms with Crippen LogP contribution in [0.15, 0.2) is 182 Å². The van der Waals surface area contributed by atoms with Crippen molar-refractivity contribution in [2.24, 2.45) is 0 Å². The minimum atomic E-state index is -0.317. The Kier molecular flexibility index (Phi) is 8.23. The average Bonchev–Trinajstić information content (AvgIpc) is 3.87. The van der Waals surface area contributed by atoms with Crippen LogP contribution < -0.4 is 0 Å². The maximum absolute atomic E-state index is 2.54. The van der Waals surface area contributed by atoms with Gasteiger partial charge in [0.05, 0.1) is 21.7 Å². The number of hydrogen-bond donors (Lipinski definition) is 0. The number of fused-ring (bicyclic) bond motifs is 11. The van der Waals surface area contributed by atoms with Crippen LogP contribution in [0.25, 0.3) is 61.3 Å². The van der Waals surface area contributed by atoms with Gasteiger partial charge in [0, 0.05) is 33.2 Å². The van der Waals surface area contributed by atoms with Crippen molar-refractivity contribution >= 4 is 53.1 Å². The second-order valence-electron chi connectivity index (χ2n) is 15.6. The smallest absolute Gasteiger partial charge is 0.0671 e. The second-order valence-corrected chi connectivity index (χ2v) is 17.0. The zero-order valence-corrected chi connectivity index (χ0v) is 33.1. The number of benzene rings is 6. The fourth-order valence-corrected chi connectivity index (χ4v) is 11.5. The van der Waals surface area contributed by atoms with Crippen LogP contribution in [0.1, 0.15) is 51.9 Å². The van der Waals surface area contributed by atoms with Gasteiger partial charge in [-0.25, -0.2) is 0 Å². The zero-order valence-electron chi connectivity index (χ0n) is 32.1.